The number of fused-ring (bicyclic) bond motifs is 1. The van der Waals surface area contributed by atoms with E-state index < -0.39 is 0 Å². The Kier molecular flexibility index (Phi) is 2.51. The Morgan fingerprint density at radius 1 is 1.50 bits per heavy atom. The van der Waals surface area contributed by atoms with Crippen molar-refractivity contribution < 1.29 is 4.42 Å². The lowest BCUT2D eigenvalue weighted by Crippen LogP contribution is -1.81. The van der Waals surface area contributed by atoms with E-state index in [1.54, 1.807) is 0 Å². The molecule has 3 nitrogen and oxygen atoms in total. The molecule has 0 aliphatic rings. The van der Waals surface area contributed by atoms with Gasteiger partial charge in [-0.3, -0.25) is 0 Å². The summed E-state index contributed by atoms with van der Waals surface area (Å²) in [4.78, 5) is 4.25. The molecule has 0 spiro atoms. The number of nitrogens with zero attached hydrogens (tertiary/aromatic N) is 2. The van der Waals surface area contributed by atoms with Crippen LogP contribution in [0.25, 0.3) is 11.1 Å². The number of nitriles is 1. The molecule has 1 heterocycles. The van der Waals surface area contributed by atoms with Gasteiger partial charge in [-0.15, -0.1) is 0 Å². The standard InChI is InChI=1S/C10H7BrN2O/c11-6-9-13-8-3-1-2-7(4-5-12)10(8)14-9/h1-3H,4,6H2. The summed E-state index contributed by atoms with van der Waals surface area (Å²) in [7, 11) is 0. The maximum atomic E-state index is 8.62. The van der Waals surface area contributed by atoms with Crippen molar-refractivity contribution in [2.75, 3.05) is 0 Å². The lowest BCUT2D eigenvalue weighted by molar-refractivity contribution is 0.555. The zero-order valence-corrected chi connectivity index (χ0v) is 8.91. The highest BCUT2D eigenvalue weighted by Crippen LogP contribution is 2.21. The second-order valence-electron chi connectivity index (χ2n) is 2.84. The number of rotatable bonds is 2. The molecule has 14 heavy (non-hydrogen) atoms. The van der Waals surface area contributed by atoms with Gasteiger partial charge in [0.15, 0.2) is 5.58 Å². The van der Waals surface area contributed by atoms with Crippen LogP contribution < -0.4 is 0 Å². The Hall–Kier alpha value is -1.34. The second kappa shape index (κ2) is 3.81. The van der Waals surface area contributed by atoms with Crippen LogP contribution in [-0.2, 0) is 11.8 Å². The first-order valence-electron chi connectivity index (χ1n) is 4.15. The highest BCUT2D eigenvalue weighted by atomic mass is 79.9. The Bertz CT molecular complexity index is 498. The van der Waals surface area contributed by atoms with Crippen molar-refractivity contribution >= 4 is 27.0 Å². The van der Waals surface area contributed by atoms with E-state index in [-0.39, 0.29) is 0 Å². The fourth-order valence-corrected chi connectivity index (χ4v) is 1.57. The zero-order valence-electron chi connectivity index (χ0n) is 7.33. The maximum Gasteiger partial charge on any atom is 0.206 e. The third kappa shape index (κ3) is 1.51. The van der Waals surface area contributed by atoms with Crippen molar-refractivity contribution in [3.05, 3.63) is 29.7 Å². The van der Waals surface area contributed by atoms with Crippen LogP contribution in [0, 0.1) is 11.3 Å². The molecule has 0 bridgehead atoms. The molecule has 0 aliphatic heterocycles. The normalized spacial score (nSPS) is 10.3. The fourth-order valence-electron chi connectivity index (χ4n) is 1.33. The molecule has 2 rings (SSSR count). The molecular weight excluding hydrogens is 244 g/mol. The van der Waals surface area contributed by atoms with E-state index in [0.717, 1.165) is 16.7 Å². The molecule has 0 unspecified atom stereocenters. The predicted molar refractivity (Wildman–Crippen MR) is 56.0 cm³/mol. The van der Waals surface area contributed by atoms with Crippen molar-refractivity contribution in [3.8, 4) is 6.07 Å². The monoisotopic (exact) mass is 250 g/mol. The Morgan fingerprint density at radius 3 is 3.07 bits per heavy atom. The van der Waals surface area contributed by atoms with Crippen LogP contribution in [0.15, 0.2) is 22.6 Å². The van der Waals surface area contributed by atoms with Crippen LogP contribution in [0.4, 0.5) is 0 Å². The van der Waals surface area contributed by atoms with Gasteiger partial charge < -0.3 is 4.42 Å². The smallest absolute Gasteiger partial charge is 0.206 e. The molecule has 0 N–H and O–H groups in total. The van der Waals surface area contributed by atoms with Crippen molar-refractivity contribution in [1.82, 2.24) is 4.98 Å². The van der Waals surface area contributed by atoms with Crippen LogP contribution in [0.3, 0.4) is 0 Å². The van der Waals surface area contributed by atoms with E-state index in [1.807, 2.05) is 18.2 Å². The predicted octanol–water partition coefficient (Wildman–Crippen LogP) is 2.79. The molecular formula is C10H7BrN2O. The number of alkyl halides is 1. The summed E-state index contributed by atoms with van der Waals surface area (Å²) < 4.78 is 5.49. The van der Waals surface area contributed by atoms with Crippen molar-refractivity contribution in [2.24, 2.45) is 0 Å². The average molecular weight is 251 g/mol. The van der Waals surface area contributed by atoms with Gasteiger partial charge in [-0.1, -0.05) is 28.1 Å². The molecule has 0 saturated carbocycles. The van der Waals surface area contributed by atoms with Gasteiger partial charge in [0.25, 0.3) is 0 Å². The van der Waals surface area contributed by atoms with Crippen molar-refractivity contribution in [1.29, 1.82) is 5.26 Å². The molecule has 0 saturated heterocycles. The summed E-state index contributed by atoms with van der Waals surface area (Å²) in [5.74, 6) is 0.644. The SMILES string of the molecule is N#CCc1cccc2nc(CBr)oc12. The topological polar surface area (TPSA) is 49.8 Å². The summed E-state index contributed by atoms with van der Waals surface area (Å²) in [6.45, 7) is 0. The van der Waals surface area contributed by atoms with E-state index >= 15 is 0 Å². The summed E-state index contributed by atoms with van der Waals surface area (Å²) in [6.07, 6.45) is 0.355. The van der Waals surface area contributed by atoms with Gasteiger partial charge in [0.05, 0.1) is 17.8 Å². The summed E-state index contributed by atoms with van der Waals surface area (Å²) in [5.41, 5.74) is 2.43. The van der Waals surface area contributed by atoms with E-state index in [9.17, 15) is 0 Å². The lowest BCUT2D eigenvalue weighted by Gasteiger charge is -1.93. The van der Waals surface area contributed by atoms with Gasteiger partial charge in [-0.2, -0.15) is 5.26 Å². The highest BCUT2D eigenvalue weighted by molar-refractivity contribution is 9.08. The van der Waals surface area contributed by atoms with E-state index in [4.69, 9.17) is 9.68 Å². The summed E-state index contributed by atoms with van der Waals surface area (Å²) >= 11 is 3.28. The largest absolute Gasteiger partial charge is 0.439 e. The van der Waals surface area contributed by atoms with Gasteiger partial charge in [0.1, 0.15) is 5.52 Å². The third-order valence-electron chi connectivity index (χ3n) is 1.92. The van der Waals surface area contributed by atoms with Gasteiger partial charge in [-0.25, -0.2) is 4.98 Å². The summed E-state index contributed by atoms with van der Waals surface area (Å²) in [5, 5.41) is 9.21. The minimum Gasteiger partial charge on any atom is -0.439 e. The lowest BCUT2D eigenvalue weighted by atomic mass is 10.1. The molecule has 70 valence electrons. The third-order valence-corrected chi connectivity index (χ3v) is 2.40. The number of halogens is 1. The molecule has 0 radical (unpaired) electrons. The summed E-state index contributed by atoms with van der Waals surface area (Å²) in [6, 6.07) is 7.75. The van der Waals surface area contributed by atoms with Gasteiger partial charge in [0.2, 0.25) is 5.89 Å². The number of hydrogen-bond acceptors (Lipinski definition) is 3. The van der Waals surface area contributed by atoms with Gasteiger partial charge in [0, 0.05) is 5.56 Å². The number of hydrogen-bond donors (Lipinski definition) is 0. The first-order chi connectivity index (χ1) is 6.85. The number of aromatic nitrogens is 1. The maximum absolute atomic E-state index is 8.62. The van der Waals surface area contributed by atoms with E-state index in [2.05, 4.69) is 27.0 Å². The minimum absolute atomic E-state index is 0.355. The molecule has 1 aromatic heterocycles. The second-order valence-corrected chi connectivity index (χ2v) is 3.40. The quantitative estimate of drug-likeness (QED) is 0.771. The number of oxazole rings is 1. The Morgan fingerprint density at radius 2 is 2.36 bits per heavy atom. The Balaban J connectivity index is 2.62. The Labute approximate surface area is 89.5 Å². The molecule has 0 fully saturated rings. The van der Waals surface area contributed by atoms with Crippen LogP contribution in [0.2, 0.25) is 0 Å². The molecule has 0 aliphatic carbocycles. The van der Waals surface area contributed by atoms with Crippen LogP contribution in [0.1, 0.15) is 11.5 Å². The van der Waals surface area contributed by atoms with Gasteiger partial charge >= 0.3 is 0 Å². The molecule has 0 amide bonds. The molecule has 0 atom stereocenters. The number of benzene rings is 1. The zero-order chi connectivity index (χ0) is 9.97. The van der Waals surface area contributed by atoms with Crippen molar-refractivity contribution in [2.45, 2.75) is 11.8 Å². The minimum atomic E-state index is 0.355. The van der Waals surface area contributed by atoms with E-state index in [0.29, 0.717) is 17.6 Å². The molecule has 1 aromatic carbocycles. The highest BCUT2D eigenvalue weighted by Gasteiger charge is 2.08. The molecule has 2 aromatic rings. The van der Waals surface area contributed by atoms with Crippen LogP contribution in [-0.4, -0.2) is 4.98 Å². The van der Waals surface area contributed by atoms with Crippen molar-refractivity contribution in [3.63, 3.8) is 0 Å². The molecule has 4 heteroatoms. The first kappa shape index (κ1) is 9.22. The van der Waals surface area contributed by atoms with Crippen LogP contribution >= 0.6 is 15.9 Å². The van der Waals surface area contributed by atoms with E-state index in [1.165, 1.54) is 0 Å². The fraction of sp³-hybridized carbons (Fsp3) is 0.200. The van der Waals surface area contributed by atoms with Gasteiger partial charge in [-0.05, 0) is 6.07 Å². The average Bonchev–Trinajstić information content (AvgIpc) is 2.62. The van der Waals surface area contributed by atoms with Crippen LogP contribution in [0.5, 0.6) is 0 Å². The first-order valence-corrected chi connectivity index (χ1v) is 5.27. The number of para-hydroxylation sites is 1.